The summed E-state index contributed by atoms with van der Waals surface area (Å²) in [4.78, 5) is 46.2. The van der Waals surface area contributed by atoms with Crippen molar-refractivity contribution in [2.24, 2.45) is 0 Å². The summed E-state index contributed by atoms with van der Waals surface area (Å²) in [5.74, 6) is -1.97. The average Bonchev–Trinajstić information content (AvgIpc) is 3.12. The summed E-state index contributed by atoms with van der Waals surface area (Å²) in [6.07, 6.45) is 2.37. The molecule has 9 nitrogen and oxygen atoms in total. The minimum absolute atomic E-state index is 0.117. The van der Waals surface area contributed by atoms with E-state index >= 15 is 0 Å². The largest absolute Gasteiger partial charge is 0.490 e. The molecule has 1 aliphatic heterocycles. The number of imide groups is 1. The third-order valence-electron chi connectivity index (χ3n) is 5.10. The van der Waals surface area contributed by atoms with E-state index in [2.05, 4.69) is 15.3 Å². The van der Waals surface area contributed by atoms with Crippen molar-refractivity contribution in [3.8, 4) is 17.4 Å². The molecule has 0 unspecified atom stereocenters. The lowest BCUT2D eigenvalue weighted by molar-refractivity contribution is -0.127. The smallest absolute Gasteiger partial charge is 0.294 e. The first kappa shape index (κ1) is 27.4. The highest BCUT2D eigenvalue weighted by Gasteiger charge is 2.36. The number of carbonyl (C=O) groups excluding carboxylic acids is 3. The number of nitrogens with one attached hydrogen (secondary N) is 1. The number of benzene rings is 2. The van der Waals surface area contributed by atoms with Crippen molar-refractivity contribution in [2.75, 3.05) is 18.5 Å². The number of thioether (sulfide) groups is 1. The van der Waals surface area contributed by atoms with Gasteiger partial charge in [0, 0.05) is 10.7 Å². The number of nitrogens with zero attached hydrogens (tertiary/aromatic N) is 3. The Kier molecular flexibility index (Phi) is 8.50. The first-order valence-electron chi connectivity index (χ1n) is 11.1. The van der Waals surface area contributed by atoms with Crippen LogP contribution in [0.5, 0.6) is 17.4 Å². The summed E-state index contributed by atoms with van der Waals surface area (Å²) in [6.45, 7) is 3.35. The summed E-state index contributed by atoms with van der Waals surface area (Å²) in [5, 5.41) is 2.33. The van der Waals surface area contributed by atoms with Gasteiger partial charge < -0.3 is 14.8 Å². The Morgan fingerprint density at radius 3 is 2.74 bits per heavy atom. The number of aryl methyl sites for hydroxylation is 1. The van der Waals surface area contributed by atoms with E-state index < -0.39 is 29.4 Å². The molecule has 3 aromatic rings. The van der Waals surface area contributed by atoms with Crippen molar-refractivity contribution in [1.82, 2.24) is 14.9 Å². The quantitative estimate of drug-likeness (QED) is 0.253. The summed E-state index contributed by atoms with van der Waals surface area (Å²) in [6, 6.07) is 9.65. The van der Waals surface area contributed by atoms with E-state index in [4.69, 9.17) is 32.7 Å². The van der Waals surface area contributed by atoms with Crippen molar-refractivity contribution in [3.05, 3.63) is 74.8 Å². The lowest BCUT2D eigenvalue weighted by Crippen LogP contribution is -2.36. The number of anilines is 1. The van der Waals surface area contributed by atoms with Gasteiger partial charge >= 0.3 is 0 Å². The van der Waals surface area contributed by atoms with Crippen LogP contribution in [-0.2, 0) is 9.59 Å². The van der Waals surface area contributed by atoms with Crippen molar-refractivity contribution in [3.63, 3.8) is 0 Å². The topological polar surface area (TPSA) is 111 Å². The first-order chi connectivity index (χ1) is 18.1. The van der Waals surface area contributed by atoms with Gasteiger partial charge in [0.15, 0.2) is 11.5 Å². The Hall–Kier alpha value is -3.67. The Balaban J connectivity index is 1.50. The molecule has 1 N–H and O–H groups in total. The highest BCUT2D eigenvalue weighted by molar-refractivity contribution is 8.18. The molecular formula is C25H19Cl2FN4O5S. The van der Waals surface area contributed by atoms with Crippen LogP contribution in [0.1, 0.15) is 18.1 Å². The van der Waals surface area contributed by atoms with Gasteiger partial charge in [-0.2, -0.15) is 9.37 Å². The lowest BCUT2D eigenvalue weighted by Gasteiger charge is -2.14. The van der Waals surface area contributed by atoms with E-state index in [9.17, 15) is 18.8 Å². The normalized spacial score (nSPS) is 14.2. The van der Waals surface area contributed by atoms with E-state index in [-0.39, 0.29) is 34.2 Å². The van der Waals surface area contributed by atoms with Gasteiger partial charge in [0.05, 0.1) is 17.7 Å². The van der Waals surface area contributed by atoms with E-state index in [0.717, 1.165) is 16.7 Å². The molecule has 4 rings (SSSR count). The van der Waals surface area contributed by atoms with Crippen LogP contribution < -0.4 is 14.8 Å². The number of rotatable bonds is 8. The van der Waals surface area contributed by atoms with Gasteiger partial charge in [-0.1, -0.05) is 23.7 Å². The van der Waals surface area contributed by atoms with Gasteiger partial charge in [-0.15, -0.1) is 0 Å². The molecule has 1 fully saturated rings. The minimum Gasteiger partial charge on any atom is -0.490 e. The van der Waals surface area contributed by atoms with Crippen molar-refractivity contribution in [1.29, 1.82) is 0 Å². The molecule has 13 heteroatoms. The first-order valence-corrected chi connectivity index (χ1v) is 12.7. The third kappa shape index (κ3) is 6.42. The molecular weight excluding hydrogens is 558 g/mol. The van der Waals surface area contributed by atoms with Crippen LogP contribution in [0.4, 0.5) is 14.9 Å². The molecule has 2 aromatic carbocycles. The second-order valence-corrected chi connectivity index (χ2v) is 9.58. The fraction of sp³-hybridized carbons (Fsp3) is 0.160. The van der Waals surface area contributed by atoms with E-state index in [1.165, 1.54) is 12.1 Å². The van der Waals surface area contributed by atoms with Crippen molar-refractivity contribution in [2.45, 2.75) is 13.8 Å². The van der Waals surface area contributed by atoms with E-state index in [1.807, 2.05) is 0 Å². The monoisotopic (exact) mass is 576 g/mol. The molecule has 0 spiro atoms. The van der Waals surface area contributed by atoms with Crippen molar-refractivity contribution < 1.29 is 28.2 Å². The zero-order valence-corrected chi connectivity index (χ0v) is 22.3. The molecule has 38 heavy (non-hydrogen) atoms. The molecule has 0 aliphatic carbocycles. The molecule has 0 atom stereocenters. The molecule has 196 valence electrons. The highest BCUT2D eigenvalue weighted by atomic mass is 35.5. The highest BCUT2D eigenvalue weighted by Crippen LogP contribution is 2.36. The van der Waals surface area contributed by atoms with Crippen LogP contribution in [0, 0.1) is 12.7 Å². The van der Waals surface area contributed by atoms with Gasteiger partial charge in [-0.05, 0) is 78.7 Å². The van der Waals surface area contributed by atoms with Gasteiger partial charge in [0.1, 0.15) is 6.54 Å². The summed E-state index contributed by atoms with van der Waals surface area (Å²) in [7, 11) is 0. The van der Waals surface area contributed by atoms with Gasteiger partial charge in [0.2, 0.25) is 17.0 Å². The molecule has 2 heterocycles. The van der Waals surface area contributed by atoms with E-state index in [1.54, 1.807) is 44.2 Å². The fourth-order valence-corrected chi connectivity index (χ4v) is 4.46. The summed E-state index contributed by atoms with van der Waals surface area (Å²) < 4.78 is 25.1. The molecule has 0 radical (unpaired) electrons. The molecule has 3 amide bonds. The maximum Gasteiger partial charge on any atom is 0.294 e. The second-order valence-electron chi connectivity index (χ2n) is 7.81. The van der Waals surface area contributed by atoms with Crippen LogP contribution in [0.3, 0.4) is 0 Å². The molecule has 0 bridgehead atoms. The third-order valence-corrected chi connectivity index (χ3v) is 6.43. The molecule has 1 aromatic heterocycles. The Bertz CT molecular complexity index is 1470. The minimum atomic E-state index is -0.816. The van der Waals surface area contributed by atoms with Crippen LogP contribution in [-0.4, -0.2) is 45.1 Å². The number of hydrogen-bond acceptors (Lipinski definition) is 8. The van der Waals surface area contributed by atoms with Crippen LogP contribution in [0.15, 0.2) is 47.5 Å². The maximum absolute atomic E-state index is 14.0. The molecule has 0 saturated carbocycles. The number of hydrogen-bond donors (Lipinski definition) is 1. The van der Waals surface area contributed by atoms with Gasteiger partial charge in [-0.25, -0.2) is 4.98 Å². The number of carbonyl (C=O) groups is 3. The Labute approximate surface area is 230 Å². The number of halogens is 3. The maximum atomic E-state index is 14.0. The van der Waals surface area contributed by atoms with Crippen LogP contribution in [0.25, 0.3) is 6.08 Å². The number of amides is 3. The molecule has 1 saturated heterocycles. The zero-order chi connectivity index (χ0) is 27.4. The Morgan fingerprint density at radius 2 is 1.97 bits per heavy atom. The van der Waals surface area contributed by atoms with Gasteiger partial charge in [-0.3, -0.25) is 19.3 Å². The second kappa shape index (κ2) is 11.8. The summed E-state index contributed by atoms with van der Waals surface area (Å²) in [5.41, 5.74) is 1.77. The Morgan fingerprint density at radius 1 is 1.18 bits per heavy atom. The predicted octanol–water partition coefficient (Wildman–Crippen LogP) is 6.10. The fourth-order valence-electron chi connectivity index (χ4n) is 3.32. The number of aromatic nitrogens is 2. The van der Waals surface area contributed by atoms with Crippen LogP contribution >= 0.6 is 35.0 Å². The lowest BCUT2D eigenvalue weighted by atomic mass is 10.2. The zero-order valence-electron chi connectivity index (χ0n) is 20.0. The van der Waals surface area contributed by atoms with E-state index in [0.29, 0.717) is 28.0 Å². The number of ether oxygens (including phenoxy) is 2. The van der Waals surface area contributed by atoms with Crippen LogP contribution in [0.2, 0.25) is 10.3 Å². The predicted molar refractivity (Wildman–Crippen MR) is 142 cm³/mol. The van der Waals surface area contributed by atoms with Gasteiger partial charge in [0.25, 0.3) is 17.0 Å². The average molecular weight is 577 g/mol. The molecule has 1 aliphatic rings. The summed E-state index contributed by atoms with van der Waals surface area (Å²) >= 11 is 12.4. The standard InChI is InChI=1S/C25H19Cl2FN4O5S/c1-3-36-19-8-14(5-7-18(19)37-22-16(28)11-29-24(27)31-22)9-20-23(34)32(25(35)38-20)12-21(33)30-17-10-15(26)6-4-13(17)2/h4-11H,3,12H2,1-2H3,(H,30,33)/b20-9+. The van der Waals surface area contributed by atoms with Crippen molar-refractivity contribution >= 4 is 63.8 Å². The SMILES string of the molecule is CCOc1cc(/C=C2/SC(=O)N(CC(=O)Nc3cc(Cl)ccc3C)C2=O)ccc1Oc1nc(Cl)ncc1F.